The molecule has 0 saturated carbocycles. The molecule has 0 atom stereocenters. The van der Waals surface area contributed by atoms with Gasteiger partial charge in [0, 0.05) is 16.6 Å². The first kappa shape index (κ1) is 15.1. The van der Waals surface area contributed by atoms with Gasteiger partial charge in [-0.3, -0.25) is 0 Å². The van der Waals surface area contributed by atoms with Crippen LogP contribution >= 0.6 is 15.9 Å². The van der Waals surface area contributed by atoms with Gasteiger partial charge in [-0.25, -0.2) is 0 Å². The van der Waals surface area contributed by atoms with Crippen LogP contribution in [0.1, 0.15) is 24.5 Å². The van der Waals surface area contributed by atoms with Crippen molar-refractivity contribution in [2.75, 3.05) is 6.54 Å². The van der Waals surface area contributed by atoms with Crippen LogP contribution in [0.2, 0.25) is 0 Å². The molecule has 0 spiro atoms. The summed E-state index contributed by atoms with van der Waals surface area (Å²) in [6.45, 7) is 4.62. The smallest absolute Gasteiger partial charge is 0.124 e. The van der Waals surface area contributed by atoms with Gasteiger partial charge in [-0.2, -0.15) is 0 Å². The van der Waals surface area contributed by atoms with Gasteiger partial charge in [0.25, 0.3) is 0 Å². The third-order valence-corrected chi connectivity index (χ3v) is 3.50. The van der Waals surface area contributed by atoms with E-state index in [1.54, 1.807) is 0 Å². The first-order chi connectivity index (χ1) is 9.79. The molecule has 1 N–H and O–H groups in total. The molecule has 0 aliphatic rings. The van der Waals surface area contributed by atoms with Gasteiger partial charge in [-0.15, -0.1) is 0 Å². The fourth-order valence-electron chi connectivity index (χ4n) is 1.96. The summed E-state index contributed by atoms with van der Waals surface area (Å²) < 4.78 is 7.03. The highest BCUT2D eigenvalue weighted by atomic mass is 79.9. The second-order valence-corrected chi connectivity index (χ2v) is 5.62. The summed E-state index contributed by atoms with van der Waals surface area (Å²) >= 11 is 3.52. The third-order valence-electron chi connectivity index (χ3n) is 3.00. The van der Waals surface area contributed by atoms with Crippen LogP contribution in [0.5, 0.6) is 5.75 Å². The molecular weight excluding hydrogens is 314 g/mol. The van der Waals surface area contributed by atoms with E-state index in [9.17, 15) is 0 Å². The lowest BCUT2D eigenvalue weighted by Crippen LogP contribution is -2.14. The zero-order valence-electron chi connectivity index (χ0n) is 11.7. The van der Waals surface area contributed by atoms with E-state index < -0.39 is 0 Å². The van der Waals surface area contributed by atoms with Crippen LogP contribution in [0.15, 0.2) is 53.0 Å². The molecule has 0 saturated heterocycles. The van der Waals surface area contributed by atoms with Crippen molar-refractivity contribution >= 4 is 15.9 Å². The molecule has 2 nitrogen and oxygen atoms in total. The Balaban J connectivity index is 2.02. The first-order valence-electron chi connectivity index (χ1n) is 6.95. The molecule has 0 radical (unpaired) electrons. The van der Waals surface area contributed by atoms with Crippen LogP contribution in [0.25, 0.3) is 0 Å². The SMILES string of the molecule is CCCNCc1cc(Br)ccc1OCc1ccccc1. The number of ether oxygens (including phenoxy) is 1. The van der Waals surface area contributed by atoms with Crippen molar-refractivity contribution in [1.29, 1.82) is 0 Å². The summed E-state index contributed by atoms with van der Waals surface area (Å²) in [5, 5.41) is 3.42. The van der Waals surface area contributed by atoms with E-state index in [-0.39, 0.29) is 0 Å². The second-order valence-electron chi connectivity index (χ2n) is 4.70. The molecule has 0 aliphatic heterocycles. The largest absolute Gasteiger partial charge is 0.489 e. The Morgan fingerprint density at radius 1 is 1.10 bits per heavy atom. The van der Waals surface area contributed by atoms with Crippen LogP contribution in [-0.4, -0.2) is 6.54 Å². The molecule has 0 unspecified atom stereocenters. The fraction of sp³-hybridized carbons (Fsp3) is 0.294. The Morgan fingerprint density at radius 2 is 1.90 bits per heavy atom. The Morgan fingerprint density at radius 3 is 2.65 bits per heavy atom. The average molecular weight is 334 g/mol. The van der Waals surface area contributed by atoms with Gasteiger partial charge in [0.05, 0.1) is 0 Å². The van der Waals surface area contributed by atoms with Crippen LogP contribution < -0.4 is 10.1 Å². The maximum absolute atomic E-state index is 5.95. The van der Waals surface area contributed by atoms with Gasteiger partial charge in [-0.1, -0.05) is 53.2 Å². The van der Waals surface area contributed by atoms with Crippen molar-refractivity contribution < 1.29 is 4.74 Å². The molecule has 0 heterocycles. The van der Waals surface area contributed by atoms with Crippen molar-refractivity contribution in [3.8, 4) is 5.75 Å². The molecule has 2 rings (SSSR count). The van der Waals surface area contributed by atoms with Gasteiger partial charge in [0.15, 0.2) is 0 Å². The van der Waals surface area contributed by atoms with Crippen LogP contribution in [-0.2, 0) is 13.2 Å². The highest BCUT2D eigenvalue weighted by molar-refractivity contribution is 9.10. The lowest BCUT2D eigenvalue weighted by atomic mass is 10.2. The summed E-state index contributed by atoms with van der Waals surface area (Å²) in [6.07, 6.45) is 1.13. The van der Waals surface area contributed by atoms with E-state index in [0.29, 0.717) is 6.61 Å². The lowest BCUT2D eigenvalue weighted by molar-refractivity contribution is 0.302. The Bertz CT molecular complexity index is 528. The summed E-state index contributed by atoms with van der Waals surface area (Å²) in [6, 6.07) is 16.4. The van der Waals surface area contributed by atoms with E-state index in [1.807, 2.05) is 30.3 Å². The Hall–Kier alpha value is -1.32. The van der Waals surface area contributed by atoms with E-state index in [1.165, 1.54) is 11.1 Å². The maximum Gasteiger partial charge on any atom is 0.124 e. The summed E-state index contributed by atoms with van der Waals surface area (Å²) in [4.78, 5) is 0. The van der Waals surface area contributed by atoms with Gasteiger partial charge in [-0.05, 0) is 36.7 Å². The summed E-state index contributed by atoms with van der Waals surface area (Å²) in [5.41, 5.74) is 2.37. The molecule has 0 aromatic heterocycles. The normalized spacial score (nSPS) is 10.5. The number of hydrogen-bond acceptors (Lipinski definition) is 2. The lowest BCUT2D eigenvalue weighted by Gasteiger charge is -2.13. The average Bonchev–Trinajstić information content (AvgIpc) is 2.48. The molecule has 2 aromatic rings. The zero-order valence-corrected chi connectivity index (χ0v) is 13.3. The molecule has 3 heteroatoms. The fourth-order valence-corrected chi connectivity index (χ4v) is 2.37. The van der Waals surface area contributed by atoms with Crippen molar-refractivity contribution in [1.82, 2.24) is 5.32 Å². The van der Waals surface area contributed by atoms with Crippen molar-refractivity contribution in [3.63, 3.8) is 0 Å². The Labute approximate surface area is 129 Å². The van der Waals surface area contributed by atoms with Gasteiger partial charge in [0.1, 0.15) is 12.4 Å². The minimum absolute atomic E-state index is 0.600. The maximum atomic E-state index is 5.95. The second kappa shape index (κ2) is 8.08. The van der Waals surface area contributed by atoms with Crippen LogP contribution in [0.3, 0.4) is 0 Å². The molecule has 106 valence electrons. The van der Waals surface area contributed by atoms with Gasteiger partial charge >= 0.3 is 0 Å². The quantitative estimate of drug-likeness (QED) is 0.751. The first-order valence-corrected chi connectivity index (χ1v) is 7.74. The van der Waals surface area contributed by atoms with E-state index >= 15 is 0 Å². The third kappa shape index (κ3) is 4.66. The van der Waals surface area contributed by atoms with Crippen molar-refractivity contribution in [2.24, 2.45) is 0 Å². The van der Waals surface area contributed by atoms with Gasteiger partial charge < -0.3 is 10.1 Å². The number of benzene rings is 2. The molecule has 0 fully saturated rings. The molecule has 20 heavy (non-hydrogen) atoms. The minimum atomic E-state index is 0.600. The number of halogens is 1. The highest BCUT2D eigenvalue weighted by Crippen LogP contribution is 2.24. The molecule has 0 amide bonds. The minimum Gasteiger partial charge on any atom is -0.489 e. The van der Waals surface area contributed by atoms with Crippen molar-refractivity contribution in [3.05, 3.63) is 64.1 Å². The number of nitrogens with one attached hydrogen (secondary N) is 1. The molecular formula is C17H20BrNO. The topological polar surface area (TPSA) is 21.3 Å². The number of rotatable bonds is 7. The predicted molar refractivity (Wildman–Crippen MR) is 86.9 cm³/mol. The van der Waals surface area contributed by atoms with E-state index in [2.05, 4.69) is 46.4 Å². The zero-order chi connectivity index (χ0) is 14.2. The Kier molecular flexibility index (Phi) is 6.09. The van der Waals surface area contributed by atoms with E-state index in [0.717, 1.165) is 29.7 Å². The highest BCUT2D eigenvalue weighted by Gasteiger charge is 2.05. The molecule has 0 aliphatic carbocycles. The monoisotopic (exact) mass is 333 g/mol. The predicted octanol–water partition coefficient (Wildman–Crippen LogP) is 4.53. The summed E-state index contributed by atoms with van der Waals surface area (Å²) in [5.74, 6) is 0.945. The summed E-state index contributed by atoms with van der Waals surface area (Å²) in [7, 11) is 0. The molecule has 0 bridgehead atoms. The van der Waals surface area contributed by atoms with Gasteiger partial charge in [0.2, 0.25) is 0 Å². The van der Waals surface area contributed by atoms with Crippen LogP contribution in [0.4, 0.5) is 0 Å². The molecule has 2 aromatic carbocycles. The standard InChI is InChI=1S/C17H20BrNO/c1-2-10-19-12-15-11-16(18)8-9-17(15)20-13-14-6-4-3-5-7-14/h3-9,11,19H,2,10,12-13H2,1H3. The van der Waals surface area contributed by atoms with Crippen molar-refractivity contribution in [2.45, 2.75) is 26.5 Å². The van der Waals surface area contributed by atoms with Crippen LogP contribution in [0, 0.1) is 0 Å². The van der Waals surface area contributed by atoms with E-state index in [4.69, 9.17) is 4.74 Å². The number of hydrogen-bond donors (Lipinski definition) is 1.